The predicted octanol–water partition coefficient (Wildman–Crippen LogP) is 28.3. The Labute approximate surface area is 630 Å². The van der Waals surface area contributed by atoms with Crippen LogP contribution in [0.2, 0.25) is 0 Å². The Morgan fingerprint density at radius 3 is 1.22 bits per heavy atom. The fourth-order valence-corrected chi connectivity index (χ4v) is 22.1. The number of rotatable bonds is 7. The van der Waals surface area contributed by atoms with E-state index >= 15 is 0 Å². The maximum atomic E-state index is 2.54. The van der Waals surface area contributed by atoms with E-state index in [1.54, 1.807) is 0 Å². The summed E-state index contributed by atoms with van der Waals surface area (Å²) in [6.07, 6.45) is 0. The van der Waals surface area contributed by atoms with Crippen LogP contribution < -0.4 is 9.80 Å². The van der Waals surface area contributed by atoms with Gasteiger partial charge in [-0.2, -0.15) is 0 Å². The van der Waals surface area contributed by atoms with Crippen molar-refractivity contribution in [3.05, 3.63) is 420 Å². The molecule has 0 aliphatic heterocycles. The molecule has 0 saturated heterocycles. The lowest BCUT2D eigenvalue weighted by atomic mass is 9.69. The highest BCUT2D eigenvalue weighted by Gasteiger charge is 2.54. The fraction of sp³-hybridized carbons (Fsp3) is 0.0476. The first-order valence-corrected chi connectivity index (χ1v) is 38.7. The lowest BCUT2D eigenvalue weighted by molar-refractivity contribution is 0.660. The molecule has 0 amide bonds. The average Bonchev–Trinajstić information content (AvgIpc) is 1.51. The summed E-state index contributed by atoms with van der Waals surface area (Å²) in [7, 11) is 0. The number of hydrogen-bond donors (Lipinski definition) is 0. The minimum absolute atomic E-state index is 0.135. The highest BCUT2D eigenvalue weighted by Crippen LogP contribution is 2.67. The van der Waals surface area contributed by atoms with Crippen LogP contribution in [0.4, 0.5) is 34.1 Å². The number of anilines is 6. The van der Waals surface area contributed by atoms with Crippen molar-refractivity contribution in [2.75, 3.05) is 9.80 Å². The lowest BCUT2D eigenvalue weighted by Crippen LogP contribution is -2.26. The monoisotopic (exact) mass is 1390 g/mol. The van der Waals surface area contributed by atoms with Crippen molar-refractivity contribution in [3.63, 3.8) is 0 Å². The first-order chi connectivity index (χ1) is 53.3. The molecule has 19 aromatic rings. The molecule has 2 nitrogen and oxygen atoms in total. The standard InChI is InChI=1S/C105H66N2S/c1-103(2)90-34-16-11-28-78(90)83-53-47-75(62-95(83)103)106(71-24-5-3-6-25-71)73-45-51-76-68(55-73)43-50-86-89-58-70-54-65(40-41-66(70)60-97(89)105(101(76)86)93-37-19-14-31-81(93)82-32-15-20-38-94(82)105)67-42-48-84-87-33-21-39-98(102(87)108-99(84)61-67)107(72-26-7-4-8-27-72)74-46-52-77-69(56-74)44-49-85-88-57-63-22-9-10-23-64(63)59-96(88)104(100(77)85)91-35-17-12-29-79(91)80-30-13-18-36-92(80)104/h3-62H,1-2H3. The SMILES string of the molecule is CC1(C)c2ccccc2-c2ccc(N(c3ccccc3)c3ccc4c5c(ccc4c3)-c3cc4cc(-c6ccc7c(c6)sc6c(N(c8ccccc8)c8ccc9c%10c(ccc9c8)-c8cc9ccccc9cc8C%108c9ccccc9-c9ccccc98)cccc67)ccc4cc3C53c4ccccc4-c4ccccc43)cc21. The number of benzene rings is 18. The third-order valence-electron chi connectivity index (χ3n) is 25.3. The molecule has 5 aliphatic carbocycles. The van der Waals surface area contributed by atoms with Crippen LogP contribution in [-0.4, -0.2) is 0 Å². The summed E-state index contributed by atoms with van der Waals surface area (Å²) in [6.45, 7) is 4.75. The molecule has 1 aromatic heterocycles. The molecule has 108 heavy (non-hydrogen) atoms. The third kappa shape index (κ3) is 7.95. The second-order valence-corrected chi connectivity index (χ2v) is 31.9. The van der Waals surface area contributed by atoms with E-state index in [-0.39, 0.29) is 5.41 Å². The molecule has 0 unspecified atom stereocenters. The van der Waals surface area contributed by atoms with E-state index < -0.39 is 10.8 Å². The van der Waals surface area contributed by atoms with Crippen molar-refractivity contribution >= 4 is 109 Å². The van der Waals surface area contributed by atoms with Gasteiger partial charge in [0.2, 0.25) is 0 Å². The first kappa shape index (κ1) is 60.1. The number of thiophene rings is 1. The van der Waals surface area contributed by atoms with Gasteiger partial charge in [0.1, 0.15) is 0 Å². The van der Waals surface area contributed by atoms with Gasteiger partial charge in [-0.15, -0.1) is 11.3 Å². The molecule has 24 rings (SSSR count). The van der Waals surface area contributed by atoms with E-state index in [4.69, 9.17) is 0 Å². The topological polar surface area (TPSA) is 6.48 Å². The van der Waals surface area contributed by atoms with Gasteiger partial charge in [0.15, 0.2) is 0 Å². The summed E-state index contributed by atoms with van der Waals surface area (Å²) in [6, 6.07) is 139. The van der Waals surface area contributed by atoms with Gasteiger partial charge < -0.3 is 9.80 Å². The van der Waals surface area contributed by atoms with Crippen LogP contribution in [0.3, 0.4) is 0 Å². The molecule has 502 valence electrons. The highest BCUT2D eigenvalue weighted by atomic mass is 32.1. The smallest absolute Gasteiger partial charge is 0.0731 e. The zero-order chi connectivity index (χ0) is 70.9. The van der Waals surface area contributed by atoms with Crippen LogP contribution in [0.1, 0.15) is 69.5 Å². The zero-order valence-electron chi connectivity index (χ0n) is 59.4. The summed E-state index contributed by atoms with van der Waals surface area (Å²) in [5.41, 5.74) is 34.7. The van der Waals surface area contributed by atoms with E-state index in [1.165, 1.54) is 186 Å². The van der Waals surface area contributed by atoms with Crippen molar-refractivity contribution in [3.8, 4) is 66.8 Å². The molecule has 0 fully saturated rings. The van der Waals surface area contributed by atoms with Crippen LogP contribution in [0.5, 0.6) is 0 Å². The molecule has 1 heterocycles. The van der Waals surface area contributed by atoms with Gasteiger partial charge in [0, 0.05) is 49.3 Å². The third-order valence-corrected chi connectivity index (χ3v) is 26.5. The molecule has 0 atom stereocenters. The predicted molar refractivity (Wildman–Crippen MR) is 454 cm³/mol. The lowest BCUT2D eigenvalue weighted by Gasteiger charge is -2.32. The van der Waals surface area contributed by atoms with Crippen molar-refractivity contribution < 1.29 is 0 Å². The fourth-order valence-electron chi connectivity index (χ4n) is 20.8. The van der Waals surface area contributed by atoms with Gasteiger partial charge in [0.25, 0.3) is 0 Å². The summed E-state index contributed by atoms with van der Waals surface area (Å²) in [5, 5.41) is 12.5. The zero-order valence-corrected chi connectivity index (χ0v) is 60.3. The maximum absolute atomic E-state index is 2.54. The number of hydrogen-bond acceptors (Lipinski definition) is 3. The van der Waals surface area contributed by atoms with E-state index in [1.807, 2.05) is 11.3 Å². The van der Waals surface area contributed by atoms with Crippen molar-refractivity contribution in [1.29, 1.82) is 0 Å². The molecule has 2 spiro atoms. The summed E-state index contributed by atoms with van der Waals surface area (Å²) >= 11 is 1.90. The van der Waals surface area contributed by atoms with Crippen molar-refractivity contribution in [2.45, 2.75) is 30.1 Å². The summed E-state index contributed by atoms with van der Waals surface area (Å²) in [4.78, 5) is 4.95. The molecular formula is C105H66N2S. The van der Waals surface area contributed by atoms with Crippen LogP contribution in [-0.2, 0) is 16.2 Å². The molecule has 0 radical (unpaired) electrons. The largest absolute Gasteiger partial charge is 0.310 e. The van der Waals surface area contributed by atoms with Gasteiger partial charge in [-0.3, -0.25) is 0 Å². The van der Waals surface area contributed by atoms with Gasteiger partial charge in [0.05, 0.1) is 21.2 Å². The van der Waals surface area contributed by atoms with Crippen LogP contribution >= 0.6 is 11.3 Å². The molecule has 0 saturated carbocycles. The van der Waals surface area contributed by atoms with Crippen LogP contribution in [0.15, 0.2) is 364 Å². The van der Waals surface area contributed by atoms with E-state index in [9.17, 15) is 0 Å². The Balaban J connectivity index is 0.629. The Morgan fingerprint density at radius 1 is 0.222 bits per heavy atom. The highest BCUT2D eigenvalue weighted by molar-refractivity contribution is 7.26. The minimum Gasteiger partial charge on any atom is -0.310 e. The number of nitrogens with zero attached hydrogens (tertiary/aromatic N) is 2. The maximum Gasteiger partial charge on any atom is 0.0731 e. The molecule has 0 N–H and O–H groups in total. The van der Waals surface area contributed by atoms with Gasteiger partial charge >= 0.3 is 0 Å². The Morgan fingerprint density at radius 2 is 0.639 bits per heavy atom. The molecule has 0 bridgehead atoms. The summed E-state index contributed by atoms with van der Waals surface area (Å²) in [5.74, 6) is 0. The van der Waals surface area contributed by atoms with E-state index in [0.29, 0.717) is 0 Å². The number of para-hydroxylation sites is 2. The first-order valence-electron chi connectivity index (χ1n) is 37.9. The quantitative estimate of drug-likeness (QED) is 0.157. The van der Waals surface area contributed by atoms with Crippen molar-refractivity contribution in [1.82, 2.24) is 0 Å². The molecule has 5 aliphatic rings. The average molecular weight is 1390 g/mol. The second kappa shape index (κ2) is 22.0. The normalized spacial score (nSPS) is 14.2. The second-order valence-electron chi connectivity index (χ2n) is 30.9. The van der Waals surface area contributed by atoms with Crippen LogP contribution in [0.25, 0.3) is 130 Å². The number of fused-ring (bicyclic) bond motifs is 32. The van der Waals surface area contributed by atoms with Gasteiger partial charge in [-0.25, -0.2) is 0 Å². The molecule has 18 aromatic carbocycles. The molecular weight excluding hydrogens is 1320 g/mol. The van der Waals surface area contributed by atoms with E-state index in [0.717, 1.165) is 34.1 Å². The van der Waals surface area contributed by atoms with E-state index in [2.05, 4.69) is 388 Å². The van der Waals surface area contributed by atoms with Gasteiger partial charge in [-0.1, -0.05) is 275 Å². The Kier molecular flexibility index (Phi) is 12.2. The Bertz CT molecular complexity index is 7080. The van der Waals surface area contributed by atoms with Crippen molar-refractivity contribution in [2.24, 2.45) is 0 Å². The minimum atomic E-state index is -0.552. The van der Waals surface area contributed by atoms with Gasteiger partial charge in [-0.05, 0) is 269 Å². The summed E-state index contributed by atoms with van der Waals surface area (Å²) < 4.78 is 2.52. The van der Waals surface area contributed by atoms with Crippen LogP contribution in [0, 0.1) is 0 Å². The molecule has 3 heteroatoms. The Hall–Kier alpha value is -13.2.